The Kier molecular flexibility index (Phi) is 5.50. The number of hydrogen-bond acceptors (Lipinski definition) is 7. The lowest BCUT2D eigenvalue weighted by atomic mass is 10.2. The highest BCUT2D eigenvalue weighted by Crippen LogP contribution is 2.20. The lowest BCUT2D eigenvalue weighted by molar-refractivity contribution is -0.127. The largest absolute Gasteiger partial charge is 0.467 e. The van der Waals surface area contributed by atoms with Gasteiger partial charge in [0.15, 0.2) is 5.82 Å². The third kappa shape index (κ3) is 4.26. The molecule has 2 aromatic rings. The molecule has 0 spiro atoms. The molecule has 1 amide bonds. The lowest BCUT2D eigenvalue weighted by Crippen LogP contribution is -2.54. The highest BCUT2D eigenvalue weighted by atomic mass is 16.5. The van der Waals surface area contributed by atoms with E-state index in [0.29, 0.717) is 18.3 Å². The molecule has 8 nitrogen and oxygen atoms in total. The summed E-state index contributed by atoms with van der Waals surface area (Å²) in [6.45, 7) is 9.63. The predicted octanol–water partition coefficient (Wildman–Crippen LogP) is 1.35. The van der Waals surface area contributed by atoms with Crippen LogP contribution >= 0.6 is 0 Å². The minimum atomic E-state index is -0.168. The van der Waals surface area contributed by atoms with E-state index in [1.54, 1.807) is 6.26 Å². The monoisotopic (exact) mass is 347 g/mol. The van der Waals surface area contributed by atoms with E-state index in [-0.39, 0.29) is 18.0 Å². The van der Waals surface area contributed by atoms with Gasteiger partial charge in [-0.1, -0.05) is 5.16 Å². The molecule has 1 saturated heterocycles. The number of carbonyl (C=O) groups excluding carboxylic acids is 1. The molecule has 0 unspecified atom stereocenters. The van der Waals surface area contributed by atoms with Crippen molar-refractivity contribution < 1.29 is 13.7 Å². The van der Waals surface area contributed by atoms with Gasteiger partial charge >= 0.3 is 0 Å². The summed E-state index contributed by atoms with van der Waals surface area (Å²) in [6.07, 6.45) is 1.61. The second kappa shape index (κ2) is 7.79. The molecule has 0 saturated carbocycles. The third-order valence-corrected chi connectivity index (χ3v) is 4.74. The van der Waals surface area contributed by atoms with Crippen LogP contribution in [-0.4, -0.2) is 58.1 Å². The van der Waals surface area contributed by atoms with Gasteiger partial charge in [0.2, 0.25) is 11.8 Å². The second-order valence-electron chi connectivity index (χ2n) is 6.40. The first kappa shape index (κ1) is 17.6. The van der Waals surface area contributed by atoms with Crippen LogP contribution in [-0.2, 0) is 11.3 Å². The molecule has 1 N–H and O–H groups in total. The van der Waals surface area contributed by atoms with Crippen LogP contribution in [0.25, 0.3) is 0 Å². The number of furan rings is 1. The van der Waals surface area contributed by atoms with Gasteiger partial charge in [0, 0.05) is 26.2 Å². The zero-order valence-electron chi connectivity index (χ0n) is 14.9. The maximum Gasteiger partial charge on any atom is 0.243 e. The molecule has 2 atom stereocenters. The molecule has 0 radical (unpaired) electrons. The second-order valence-corrected chi connectivity index (χ2v) is 6.40. The third-order valence-electron chi connectivity index (χ3n) is 4.74. The Balaban J connectivity index is 1.46. The topological polar surface area (TPSA) is 87.6 Å². The van der Waals surface area contributed by atoms with Gasteiger partial charge in [-0.2, -0.15) is 4.98 Å². The standard InChI is InChI=1S/C17H25N5O3/c1-12(16(23)18-11-15-5-4-10-24-15)21-6-8-22(9-7-21)13(2)17-19-14(3)20-25-17/h4-5,10,12-13H,6-9,11H2,1-3H3,(H,18,23)/t12-,13-/m0/s1. The van der Waals surface area contributed by atoms with Crippen molar-refractivity contribution >= 4 is 5.91 Å². The molecular formula is C17H25N5O3. The van der Waals surface area contributed by atoms with Crippen molar-refractivity contribution in [2.24, 2.45) is 0 Å². The van der Waals surface area contributed by atoms with E-state index in [1.807, 2.05) is 26.0 Å². The van der Waals surface area contributed by atoms with E-state index in [2.05, 4.69) is 32.2 Å². The van der Waals surface area contributed by atoms with Crippen LogP contribution in [0.2, 0.25) is 0 Å². The Labute approximate surface area is 147 Å². The first-order chi connectivity index (χ1) is 12.0. The van der Waals surface area contributed by atoms with E-state index < -0.39 is 0 Å². The number of nitrogens with one attached hydrogen (secondary N) is 1. The van der Waals surface area contributed by atoms with Crippen LogP contribution in [0, 0.1) is 6.92 Å². The number of aromatic nitrogens is 2. The summed E-state index contributed by atoms with van der Waals surface area (Å²) in [6, 6.07) is 3.59. The van der Waals surface area contributed by atoms with Crippen molar-refractivity contribution in [2.45, 2.75) is 39.4 Å². The number of rotatable bonds is 6. The number of piperazine rings is 1. The Hall–Kier alpha value is -2.19. The highest BCUT2D eigenvalue weighted by molar-refractivity contribution is 5.81. The van der Waals surface area contributed by atoms with Crippen LogP contribution < -0.4 is 5.32 Å². The zero-order valence-corrected chi connectivity index (χ0v) is 14.9. The predicted molar refractivity (Wildman–Crippen MR) is 90.6 cm³/mol. The summed E-state index contributed by atoms with van der Waals surface area (Å²) in [5.74, 6) is 2.08. The number of carbonyl (C=O) groups is 1. The molecule has 1 fully saturated rings. The van der Waals surface area contributed by atoms with Gasteiger partial charge in [0.1, 0.15) is 5.76 Å². The number of aryl methyl sites for hydroxylation is 1. The maximum absolute atomic E-state index is 12.3. The van der Waals surface area contributed by atoms with Gasteiger partial charge in [0.25, 0.3) is 0 Å². The number of amides is 1. The maximum atomic E-state index is 12.3. The first-order valence-corrected chi connectivity index (χ1v) is 8.63. The van der Waals surface area contributed by atoms with Crippen LogP contribution in [0.1, 0.15) is 37.4 Å². The van der Waals surface area contributed by atoms with Gasteiger partial charge < -0.3 is 14.3 Å². The fourth-order valence-electron chi connectivity index (χ4n) is 3.05. The molecule has 3 heterocycles. The average Bonchev–Trinajstić information content (AvgIpc) is 3.30. The summed E-state index contributed by atoms with van der Waals surface area (Å²) < 4.78 is 10.5. The number of nitrogens with zero attached hydrogens (tertiary/aromatic N) is 4. The average molecular weight is 347 g/mol. The minimum Gasteiger partial charge on any atom is -0.467 e. The molecule has 0 bridgehead atoms. The molecular weight excluding hydrogens is 322 g/mol. The Bertz CT molecular complexity index is 676. The van der Waals surface area contributed by atoms with Crippen molar-refractivity contribution in [2.75, 3.05) is 26.2 Å². The normalized spacial score (nSPS) is 18.8. The van der Waals surface area contributed by atoms with E-state index in [1.165, 1.54) is 0 Å². The minimum absolute atomic E-state index is 0.0189. The fourth-order valence-corrected chi connectivity index (χ4v) is 3.05. The molecule has 25 heavy (non-hydrogen) atoms. The summed E-state index contributed by atoms with van der Waals surface area (Å²) >= 11 is 0. The highest BCUT2D eigenvalue weighted by Gasteiger charge is 2.29. The van der Waals surface area contributed by atoms with Crippen molar-refractivity contribution in [3.63, 3.8) is 0 Å². The van der Waals surface area contributed by atoms with E-state index in [9.17, 15) is 4.79 Å². The van der Waals surface area contributed by atoms with E-state index in [0.717, 1.165) is 31.9 Å². The van der Waals surface area contributed by atoms with Crippen LogP contribution in [0.3, 0.4) is 0 Å². The van der Waals surface area contributed by atoms with Crippen molar-refractivity contribution in [3.8, 4) is 0 Å². The molecule has 0 aliphatic carbocycles. The quantitative estimate of drug-likeness (QED) is 0.844. The smallest absolute Gasteiger partial charge is 0.243 e. The molecule has 1 aliphatic rings. The van der Waals surface area contributed by atoms with Gasteiger partial charge in [-0.25, -0.2) is 0 Å². The molecule has 1 aliphatic heterocycles. The molecule has 8 heteroatoms. The van der Waals surface area contributed by atoms with Crippen molar-refractivity contribution in [1.29, 1.82) is 0 Å². The van der Waals surface area contributed by atoms with E-state index in [4.69, 9.17) is 8.94 Å². The lowest BCUT2D eigenvalue weighted by Gasteiger charge is -2.39. The van der Waals surface area contributed by atoms with Gasteiger partial charge in [-0.15, -0.1) is 0 Å². The molecule has 3 rings (SSSR count). The SMILES string of the molecule is Cc1noc([C@H](C)N2CCN([C@@H](C)C(=O)NCc3ccco3)CC2)n1. The van der Waals surface area contributed by atoms with Crippen molar-refractivity contribution in [3.05, 3.63) is 35.9 Å². The Morgan fingerprint density at radius 3 is 2.60 bits per heavy atom. The summed E-state index contributed by atoms with van der Waals surface area (Å²) in [5, 5.41) is 6.78. The Morgan fingerprint density at radius 2 is 2.00 bits per heavy atom. The van der Waals surface area contributed by atoms with Gasteiger partial charge in [-0.3, -0.25) is 14.6 Å². The molecule has 2 aromatic heterocycles. The van der Waals surface area contributed by atoms with Crippen molar-refractivity contribution in [1.82, 2.24) is 25.3 Å². The molecule has 136 valence electrons. The fraction of sp³-hybridized carbons (Fsp3) is 0.588. The zero-order chi connectivity index (χ0) is 17.8. The first-order valence-electron chi connectivity index (χ1n) is 8.63. The van der Waals surface area contributed by atoms with Crippen LogP contribution in [0.15, 0.2) is 27.3 Å². The van der Waals surface area contributed by atoms with E-state index >= 15 is 0 Å². The van der Waals surface area contributed by atoms with Crippen LogP contribution in [0.4, 0.5) is 0 Å². The molecule has 0 aromatic carbocycles. The summed E-state index contributed by atoms with van der Waals surface area (Å²) in [5.41, 5.74) is 0. The number of hydrogen-bond donors (Lipinski definition) is 1. The summed E-state index contributed by atoms with van der Waals surface area (Å²) in [4.78, 5) is 21.1. The summed E-state index contributed by atoms with van der Waals surface area (Å²) in [7, 11) is 0. The van der Waals surface area contributed by atoms with Gasteiger partial charge in [0.05, 0.1) is 24.9 Å². The van der Waals surface area contributed by atoms with Crippen LogP contribution in [0.5, 0.6) is 0 Å². The Morgan fingerprint density at radius 1 is 1.28 bits per heavy atom. The van der Waals surface area contributed by atoms with Gasteiger partial charge in [-0.05, 0) is 32.9 Å².